The first-order valence-electron chi connectivity index (χ1n) is 5.54. The molecule has 0 heterocycles. The predicted molar refractivity (Wildman–Crippen MR) is 74.5 cm³/mol. The Morgan fingerprint density at radius 3 is 2.25 bits per heavy atom. The average Bonchev–Trinajstić information content (AvgIpc) is 2.49. The third kappa shape index (κ3) is 3.50. The Bertz CT molecular complexity index is 617. The van der Waals surface area contributed by atoms with Gasteiger partial charge in [-0.25, -0.2) is 0 Å². The van der Waals surface area contributed by atoms with E-state index in [1.165, 1.54) is 24.3 Å². The van der Waals surface area contributed by atoms with Crippen molar-refractivity contribution in [3.8, 4) is 0 Å². The quantitative estimate of drug-likeness (QED) is 0.373. The van der Waals surface area contributed by atoms with E-state index in [0.29, 0.717) is 0 Å². The van der Waals surface area contributed by atoms with E-state index in [4.69, 9.17) is 0 Å². The Labute approximate surface area is 123 Å². The smallest absolute Gasteiger partial charge is 0.288 e. The zero-order chi connectivity index (χ0) is 15.1. The number of nitro groups is 1. The average molecular weight is 339 g/mol. The molecule has 1 radical (unpaired) electrons. The molecule has 0 atom stereocenters. The Hall–Kier alpha value is -2.04. The van der Waals surface area contributed by atoms with E-state index < -0.39 is 22.2 Å². The van der Waals surface area contributed by atoms with Gasteiger partial charge in [-0.15, -0.1) is 0 Å². The van der Waals surface area contributed by atoms with Crippen molar-refractivity contribution in [1.29, 1.82) is 0 Å². The van der Waals surface area contributed by atoms with E-state index in [1.807, 2.05) is 5.82 Å². The van der Waals surface area contributed by atoms with Gasteiger partial charge in [-0.1, -0.05) is 36.4 Å². The number of benzene rings is 2. The first kappa shape index (κ1) is 16.0. The summed E-state index contributed by atoms with van der Waals surface area (Å²) in [6, 6.07) is 11.5. The Morgan fingerprint density at radius 1 is 1.10 bits per heavy atom. The summed E-state index contributed by atoms with van der Waals surface area (Å²) in [6.45, 7) is 0. The van der Waals surface area contributed by atoms with Crippen LogP contribution in [0.5, 0.6) is 0 Å². The molecule has 0 saturated heterocycles. The number of ketones is 1. The Kier molecular flexibility index (Phi) is 6.03. The number of nitro benzene ring substituents is 1. The van der Waals surface area contributed by atoms with Crippen LogP contribution in [0.3, 0.4) is 0 Å². The SMILES string of the molecule is C[Se].O=C(c1ccccc1)c1cccc(F)c1[N+](=O)[O-]. The summed E-state index contributed by atoms with van der Waals surface area (Å²) >= 11 is 2.62. The molecule has 4 nitrogen and oxygen atoms in total. The molecule has 0 fully saturated rings. The van der Waals surface area contributed by atoms with Gasteiger partial charge in [0.05, 0.1) is 4.92 Å². The molecule has 2 aromatic carbocycles. The zero-order valence-electron chi connectivity index (χ0n) is 10.6. The van der Waals surface area contributed by atoms with Crippen LogP contribution in [-0.2, 0) is 0 Å². The second-order valence-electron chi connectivity index (χ2n) is 3.59. The van der Waals surface area contributed by atoms with Crippen molar-refractivity contribution in [1.82, 2.24) is 0 Å². The number of halogens is 1. The molecule has 0 aliphatic carbocycles. The van der Waals surface area contributed by atoms with Crippen molar-refractivity contribution in [2.45, 2.75) is 5.82 Å². The number of nitrogens with zero attached hydrogens (tertiary/aromatic N) is 1. The standard InChI is InChI=1S/C13H8FNO3.CH3Se/c14-11-8-4-7-10(12(11)15(17)18)13(16)9-5-2-1-3-6-9;1-2/h1-8H;1H3. The van der Waals surface area contributed by atoms with Crippen LogP contribution in [0.1, 0.15) is 15.9 Å². The molecule has 0 aromatic heterocycles. The van der Waals surface area contributed by atoms with Crippen molar-refractivity contribution in [2.24, 2.45) is 0 Å². The van der Waals surface area contributed by atoms with Crippen molar-refractivity contribution in [3.63, 3.8) is 0 Å². The summed E-state index contributed by atoms with van der Waals surface area (Å²) in [4.78, 5) is 22.0. The summed E-state index contributed by atoms with van der Waals surface area (Å²) < 4.78 is 13.4. The minimum absolute atomic E-state index is 0.244. The third-order valence-electron chi connectivity index (χ3n) is 2.45. The van der Waals surface area contributed by atoms with Crippen LogP contribution < -0.4 is 0 Å². The minimum Gasteiger partial charge on any atom is -0.288 e. The van der Waals surface area contributed by atoms with E-state index in [0.717, 1.165) is 6.07 Å². The fourth-order valence-corrected chi connectivity index (χ4v) is 1.63. The van der Waals surface area contributed by atoms with Gasteiger partial charge in [0, 0.05) is 5.56 Å². The molecular weight excluding hydrogens is 328 g/mol. The number of hydrogen-bond donors (Lipinski definition) is 0. The summed E-state index contributed by atoms with van der Waals surface area (Å²) in [7, 11) is 0. The van der Waals surface area contributed by atoms with E-state index >= 15 is 0 Å². The zero-order valence-corrected chi connectivity index (χ0v) is 12.3. The molecule has 0 saturated carbocycles. The third-order valence-corrected chi connectivity index (χ3v) is 2.45. The number of para-hydroxylation sites is 1. The Balaban J connectivity index is 0.000000956. The summed E-state index contributed by atoms with van der Waals surface area (Å²) in [6.07, 6.45) is 0. The van der Waals surface area contributed by atoms with Crippen LogP contribution in [-0.4, -0.2) is 26.7 Å². The van der Waals surface area contributed by atoms with Gasteiger partial charge in [-0.2, -0.15) is 4.39 Å². The van der Waals surface area contributed by atoms with E-state index in [-0.39, 0.29) is 11.1 Å². The maximum absolute atomic E-state index is 13.4. The molecule has 0 unspecified atom stereocenters. The normalized spacial score (nSPS) is 9.35. The van der Waals surface area contributed by atoms with Gasteiger partial charge >= 0.3 is 27.5 Å². The number of carbonyl (C=O) groups excluding carboxylic acids is 1. The molecule has 0 spiro atoms. The van der Waals surface area contributed by atoms with Crippen LogP contribution in [0, 0.1) is 15.9 Å². The van der Waals surface area contributed by atoms with Gasteiger partial charge in [0.15, 0.2) is 5.78 Å². The molecule has 0 N–H and O–H groups in total. The molecule has 0 aliphatic rings. The van der Waals surface area contributed by atoms with Gasteiger partial charge < -0.3 is 0 Å². The topological polar surface area (TPSA) is 60.2 Å². The molecule has 103 valence electrons. The van der Waals surface area contributed by atoms with Crippen LogP contribution in [0.2, 0.25) is 5.82 Å². The van der Waals surface area contributed by atoms with E-state index in [1.54, 1.807) is 18.2 Å². The monoisotopic (exact) mass is 340 g/mol. The van der Waals surface area contributed by atoms with Gasteiger partial charge in [-0.05, 0) is 12.1 Å². The molecule has 0 bridgehead atoms. The van der Waals surface area contributed by atoms with Gasteiger partial charge in [0.25, 0.3) is 0 Å². The molecule has 2 rings (SSSR count). The molecular formula is C14H11FNO3Se. The summed E-state index contributed by atoms with van der Waals surface area (Å²) in [5, 5.41) is 10.8. The predicted octanol–water partition coefficient (Wildman–Crippen LogP) is 3.17. The maximum atomic E-state index is 13.4. The van der Waals surface area contributed by atoms with Gasteiger partial charge in [-0.3, -0.25) is 14.9 Å². The van der Waals surface area contributed by atoms with Gasteiger partial charge in [0.1, 0.15) is 5.56 Å². The van der Waals surface area contributed by atoms with Crippen molar-refractivity contribution >= 4 is 27.5 Å². The summed E-state index contributed by atoms with van der Waals surface area (Å²) in [5.74, 6) is 0.295. The fourth-order valence-electron chi connectivity index (χ4n) is 1.63. The summed E-state index contributed by atoms with van der Waals surface area (Å²) in [5.41, 5.74) is -0.747. The Morgan fingerprint density at radius 2 is 1.70 bits per heavy atom. The first-order valence-corrected chi connectivity index (χ1v) is 7.26. The largest absolute Gasteiger partial charge is 0.315 e. The van der Waals surface area contributed by atoms with Crippen molar-refractivity contribution in [2.75, 3.05) is 0 Å². The van der Waals surface area contributed by atoms with Crippen LogP contribution in [0.25, 0.3) is 0 Å². The van der Waals surface area contributed by atoms with Crippen LogP contribution >= 0.6 is 0 Å². The van der Waals surface area contributed by atoms with E-state index in [9.17, 15) is 19.3 Å². The molecule has 2 aromatic rings. The first-order chi connectivity index (χ1) is 9.61. The number of rotatable bonds is 3. The molecule has 6 heteroatoms. The van der Waals surface area contributed by atoms with E-state index in [2.05, 4.69) is 16.0 Å². The van der Waals surface area contributed by atoms with Crippen LogP contribution in [0.4, 0.5) is 10.1 Å². The van der Waals surface area contributed by atoms with Crippen molar-refractivity contribution in [3.05, 3.63) is 75.6 Å². The maximum Gasteiger partial charge on any atom is 0.315 e. The minimum atomic E-state index is -1.01. The molecule has 20 heavy (non-hydrogen) atoms. The second kappa shape index (κ2) is 7.52. The molecule has 0 aliphatic heterocycles. The van der Waals surface area contributed by atoms with Gasteiger partial charge in [0.2, 0.25) is 5.82 Å². The molecule has 0 amide bonds. The second-order valence-corrected chi connectivity index (χ2v) is 3.59. The number of carbonyl (C=O) groups is 1. The van der Waals surface area contributed by atoms with Crippen LogP contribution in [0.15, 0.2) is 48.5 Å². The van der Waals surface area contributed by atoms with Crippen molar-refractivity contribution < 1.29 is 14.1 Å². The number of hydrogen-bond acceptors (Lipinski definition) is 3. The fraction of sp³-hybridized carbons (Fsp3) is 0.0714.